The molecule has 154 valence electrons. The molecule has 0 unspecified atom stereocenters. The SMILES string of the molecule is O=C(Nc1cccc(C#Cc2ccnc3[nH]c(=O)c4c(c23)C=CCC4)c1)c1ccccc1. The highest BCUT2D eigenvalue weighted by Gasteiger charge is 2.15. The highest BCUT2D eigenvalue weighted by Crippen LogP contribution is 2.25. The number of amides is 1. The molecule has 0 atom stereocenters. The summed E-state index contributed by atoms with van der Waals surface area (Å²) in [7, 11) is 0. The van der Waals surface area contributed by atoms with Crippen molar-refractivity contribution in [1.29, 1.82) is 0 Å². The number of nitrogens with zero attached hydrogens (tertiary/aromatic N) is 1. The molecule has 0 radical (unpaired) electrons. The van der Waals surface area contributed by atoms with E-state index in [4.69, 9.17) is 0 Å². The van der Waals surface area contributed by atoms with Crippen LogP contribution in [0.2, 0.25) is 0 Å². The average molecular weight is 417 g/mol. The maximum atomic E-state index is 12.4. The zero-order valence-corrected chi connectivity index (χ0v) is 17.2. The molecule has 2 heterocycles. The Labute approximate surface area is 184 Å². The number of nitrogens with one attached hydrogen (secondary N) is 2. The summed E-state index contributed by atoms with van der Waals surface area (Å²) in [5.41, 5.74) is 4.97. The Morgan fingerprint density at radius 3 is 2.78 bits per heavy atom. The van der Waals surface area contributed by atoms with Crippen LogP contribution in [0.1, 0.15) is 39.0 Å². The number of aromatic nitrogens is 2. The number of rotatable bonds is 2. The van der Waals surface area contributed by atoms with Crippen LogP contribution < -0.4 is 10.9 Å². The number of pyridine rings is 2. The van der Waals surface area contributed by atoms with E-state index < -0.39 is 0 Å². The Morgan fingerprint density at radius 2 is 1.91 bits per heavy atom. The number of aromatic amines is 1. The molecule has 4 aromatic rings. The van der Waals surface area contributed by atoms with Gasteiger partial charge in [-0.2, -0.15) is 0 Å². The highest BCUT2D eigenvalue weighted by molar-refractivity contribution is 6.04. The fourth-order valence-corrected chi connectivity index (χ4v) is 3.86. The summed E-state index contributed by atoms with van der Waals surface area (Å²) in [5, 5.41) is 3.77. The molecule has 5 rings (SSSR count). The van der Waals surface area contributed by atoms with E-state index in [1.807, 2.05) is 54.6 Å². The number of carbonyl (C=O) groups excluding carboxylic acids is 1. The Balaban J connectivity index is 1.49. The van der Waals surface area contributed by atoms with Gasteiger partial charge in [0.25, 0.3) is 11.5 Å². The lowest BCUT2D eigenvalue weighted by molar-refractivity contribution is 0.102. The van der Waals surface area contributed by atoms with Gasteiger partial charge >= 0.3 is 0 Å². The van der Waals surface area contributed by atoms with E-state index in [9.17, 15) is 9.59 Å². The van der Waals surface area contributed by atoms with Gasteiger partial charge in [-0.15, -0.1) is 0 Å². The molecule has 5 heteroatoms. The van der Waals surface area contributed by atoms with E-state index in [0.717, 1.165) is 34.1 Å². The van der Waals surface area contributed by atoms with Crippen LogP contribution in [0.3, 0.4) is 0 Å². The highest BCUT2D eigenvalue weighted by atomic mass is 16.1. The van der Waals surface area contributed by atoms with E-state index >= 15 is 0 Å². The lowest BCUT2D eigenvalue weighted by Gasteiger charge is -2.12. The van der Waals surface area contributed by atoms with Gasteiger partial charge in [-0.05, 0) is 54.8 Å². The van der Waals surface area contributed by atoms with E-state index in [2.05, 4.69) is 33.2 Å². The second-order valence-electron chi connectivity index (χ2n) is 7.52. The molecule has 0 spiro atoms. The summed E-state index contributed by atoms with van der Waals surface area (Å²) < 4.78 is 0. The van der Waals surface area contributed by atoms with Crippen molar-refractivity contribution >= 4 is 28.7 Å². The minimum absolute atomic E-state index is 0.0867. The van der Waals surface area contributed by atoms with Gasteiger partial charge in [0.1, 0.15) is 5.65 Å². The summed E-state index contributed by atoms with van der Waals surface area (Å²) >= 11 is 0. The molecule has 1 aliphatic carbocycles. The lowest BCUT2D eigenvalue weighted by Crippen LogP contribution is -2.17. The lowest BCUT2D eigenvalue weighted by atomic mass is 9.94. The van der Waals surface area contributed by atoms with Gasteiger partial charge in [0.05, 0.1) is 0 Å². The summed E-state index contributed by atoms with van der Waals surface area (Å²) in [4.78, 5) is 32.0. The van der Waals surface area contributed by atoms with Gasteiger partial charge in [0, 0.05) is 39.5 Å². The molecule has 0 saturated heterocycles. The van der Waals surface area contributed by atoms with Crippen molar-refractivity contribution < 1.29 is 4.79 Å². The van der Waals surface area contributed by atoms with Crippen LogP contribution in [-0.4, -0.2) is 15.9 Å². The van der Waals surface area contributed by atoms with Crippen molar-refractivity contribution in [3.8, 4) is 11.8 Å². The van der Waals surface area contributed by atoms with Crippen molar-refractivity contribution in [2.24, 2.45) is 0 Å². The Hall–Kier alpha value is -4.43. The maximum absolute atomic E-state index is 12.4. The fourth-order valence-electron chi connectivity index (χ4n) is 3.86. The molecule has 0 saturated carbocycles. The quantitative estimate of drug-likeness (QED) is 0.471. The third kappa shape index (κ3) is 3.82. The summed E-state index contributed by atoms with van der Waals surface area (Å²) in [6.07, 6.45) is 7.28. The van der Waals surface area contributed by atoms with Gasteiger partial charge in [-0.3, -0.25) is 9.59 Å². The van der Waals surface area contributed by atoms with Crippen molar-refractivity contribution in [1.82, 2.24) is 9.97 Å². The van der Waals surface area contributed by atoms with Crippen molar-refractivity contribution in [2.75, 3.05) is 5.32 Å². The van der Waals surface area contributed by atoms with E-state index in [1.54, 1.807) is 18.3 Å². The molecule has 2 aromatic carbocycles. The average Bonchev–Trinajstić information content (AvgIpc) is 2.83. The summed E-state index contributed by atoms with van der Waals surface area (Å²) in [5.74, 6) is 6.24. The van der Waals surface area contributed by atoms with Gasteiger partial charge in [-0.1, -0.05) is 48.3 Å². The largest absolute Gasteiger partial charge is 0.322 e. The van der Waals surface area contributed by atoms with Crippen molar-refractivity contribution in [2.45, 2.75) is 12.8 Å². The number of fused-ring (bicyclic) bond motifs is 3. The van der Waals surface area contributed by atoms with Crippen LogP contribution in [-0.2, 0) is 6.42 Å². The molecule has 1 aliphatic rings. The van der Waals surface area contributed by atoms with Crippen LogP contribution in [0.5, 0.6) is 0 Å². The predicted octanol–water partition coefficient (Wildman–Crippen LogP) is 4.53. The second kappa shape index (κ2) is 8.37. The minimum atomic E-state index is -0.168. The molecule has 5 nitrogen and oxygen atoms in total. The molecular formula is C27H19N3O2. The number of H-pyrrole nitrogens is 1. The molecule has 0 aliphatic heterocycles. The predicted molar refractivity (Wildman–Crippen MR) is 127 cm³/mol. The zero-order valence-electron chi connectivity index (χ0n) is 17.2. The topological polar surface area (TPSA) is 74.8 Å². The van der Waals surface area contributed by atoms with E-state index in [1.165, 1.54) is 0 Å². The first-order chi connectivity index (χ1) is 15.7. The fraction of sp³-hybridized carbons (Fsp3) is 0.0741. The van der Waals surface area contributed by atoms with Gasteiger partial charge in [0.15, 0.2) is 0 Å². The smallest absolute Gasteiger partial charge is 0.255 e. The number of hydrogen-bond donors (Lipinski definition) is 2. The van der Waals surface area contributed by atoms with Gasteiger partial charge in [-0.25, -0.2) is 4.98 Å². The molecular weight excluding hydrogens is 398 g/mol. The van der Waals surface area contributed by atoms with Crippen LogP contribution in [0, 0.1) is 11.8 Å². The van der Waals surface area contributed by atoms with Crippen LogP contribution in [0.4, 0.5) is 5.69 Å². The standard InChI is InChI=1S/C27H19N3O2/c31-26(20-8-2-1-3-9-20)29-21-10-6-7-18(17-21)13-14-19-15-16-28-25-24(19)22-11-4-5-12-23(22)27(32)30-25/h1-4,6-11,15-17H,5,12H2,(H,29,31)(H,28,30,32). The Bertz CT molecular complexity index is 1490. The third-order valence-electron chi connectivity index (χ3n) is 5.39. The normalized spacial score (nSPS) is 12.0. The molecule has 2 N–H and O–H groups in total. The molecule has 2 aromatic heterocycles. The molecule has 0 bridgehead atoms. The molecule has 1 amide bonds. The number of carbonyl (C=O) groups is 1. The Morgan fingerprint density at radius 1 is 1.03 bits per heavy atom. The molecule has 0 fully saturated rings. The zero-order chi connectivity index (χ0) is 21.9. The Kier molecular flexibility index (Phi) is 5.11. The summed E-state index contributed by atoms with van der Waals surface area (Å²) in [6, 6.07) is 18.4. The van der Waals surface area contributed by atoms with Gasteiger partial charge < -0.3 is 10.3 Å². The van der Waals surface area contributed by atoms with Gasteiger partial charge in [0.2, 0.25) is 0 Å². The maximum Gasteiger partial charge on any atom is 0.255 e. The third-order valence-corrected chi connectivity index (χ3v) is 5.39. The van der Waals surface area contributed by atoms with Crippen molar-refractivity contribution in [3.05, 3.63) is 111 Å². The first-order valence-electron chi connectivity index (χ1n) is 10.4. The summed E-state index contributed by atoms with van der Waals surface area (Å²) in [6.45, 7) is 0. The first-order valence-corrected chi connectivity index (χ1v) is 10.4. The van der Waals surface area contributed by atoms with Crippen LogP contribution in [0.15, 0.2) is 77.7 Å². The van der Waals surface area contributed by atoms with E-state index in [0.29, 0.717) is 23.3 Å². The number of benzene rings is 2. The number of hydrogen-bond acceptors (Lipinski definition) is 3. The minimum Gasteiger partial charge on any atom is -0.322 e. The van der Waals surface area contributed by atoms with Crippen LogP contribution >= 0.6 is 0 Å². The second-order valence-corrected chi connectivity index (χ2v) is 7.52. The van der Waals surface area contributed by atoms with Crippen molar-refractivity contribution in [3.63, 3.8) is 0 Å². The van der Waals surface area contributed by atoms with E-state index in [-0.39, 0.29) is 11.5 Å². The molecule has 32 heavy (non-hydrogen) atoms. The number of anilines is 1. The first kappa shape index (κ1) is 19.5. The number of allylic oxidation sites excluding steroid dienone is 1. The van der Waals surface area contributed by atoms with Crippen LogP contribution in [0.25, 0.3) is 17.1 Å². The monoisotopic (exact) mass is 417 g/mol.